The average molecular weight is 320 g/mol. The highest BCUT2D eigenvalue weighted by Gasteiger charge is 2.34. The standard InChI is InChI=1S/C20H20N2O2/c1-14(23)22-11-10-15-6-2-4-8-17(15)19(22)13-21-12-16-7-3-5-9-18(16)20(21)24/h2-9,19H,10-13H2,1H3. The van der Waals surface area contributed by atoms with Crippen molar-refractivity contribution in [2.24, 2.45) is 0 Å². The number of rotatable bonds is 2. The summed E-state index contributed by atoms with van der Waals surface area (Å²) < 4.78 is 0. The Labute approximate surface area is 141 Å². The second-order valence-corrected chi connectivity index (χ2v) is 6.52. The number of nitrogens with zero attached hydrogens (tertiary/aromatic N) is 2. The van der Waals surface area contributed by atoms with Gasteiger partial charge in [0.25, 0.3) is 5.91 Å². The summed E-state index contributed by atoms with van der Waals surface area (Å²) in [7, 11) is 0. The van der Waals surface area contributed by atoms with E-state index < -0.39 is 0 Å². The van der Waals surface area contributed by atoms with Gasteiger partial charge in [-0.25, -0.2) is 0 Å². The van der Waals surface area contributed by atoms with Crippen LogP contribution in [0.25, 0.3) is 0 Å². The molecule has 0 saturated heterocycles. The van der Waals surface area contributed by atoms with Gasteiger partial charge in [0.1, 0.15) is 0 Å². The zero-order chi connectivity index (χ0) is 16.7. The Kier molecular flexibility index (Phi) is 3.60. The van der Waals surface area contributed by atoms with Crippen molar-refractivity contribution in [1.82, 2.24) is 9.80 Å². The minimum absolute atomic E-state index is 0.0642. The van der Waals surface area contributed by atoms with Crippen molar-refractivity contribution in [3.8, 4) is 0 Å². The number of hydrogen-bond acceptors (Lipinski definition) is 2. The number of amides is 2. The van der Waals surface area contributed by atoms with Crippen molar-refractivity contribution in [3.63, 3.8) is 0 Å². The van der Waals surface area contributed by atoms with E-state index in [0.717, 1.165) is 17.5 Å². The first-order chi connectivity index (χ1) is 11.6. The lowest BCUT2D eigenvalue weighted by Gasteiger charge is -2.38. The fraction of sp³-hybridized carbons (Fsp3) is 0.300. The lowest BCUT2D eigenvalue weighted by atomic mass is 9.92. The van der Waals surface area contributed by atoms with Crippen molar-refractivity contribution in [2.75, 3.05) is 13.1 Å². The molecule has 1 atom stereocenters. The van der Waals surface area contributed by atoms with E-state index in [2.05, 4.69) is 12.1 Å². The van der Waals surface area contributed by atoms with E-state index in [9.17, 15) is 9.59 Å². The second kappa shape index (κ2) is 5.78. The largest absolute Gasteiger partial charge is 0.334 e. The van der Waals surface area contributed by atoms with Crippen LogP contribution in [0.2, 0.25) is 0 Å². The average Bonchev–Trinajstić information content (AvgIpc) is 2.91. The van der Waals surface area contributed by atoms with Crippen molar-refractivity contribution in [3.05, 3.63) is 70.8 Å². The normalized spacial score (nSPS) is 19.2. The zero-order valence-corrected chi connectivity index (χ0v) is 13.7. The van der Waals surface area contributed by atoms with E-state index >= 15 is 0 Å². The quantitative estimate of drug-likeness (QED) is 0.854. The molecule has 24 heavy (non-hydrogen) atoms. The highest BCUT2D eigenvalue weighted by molar-refractivity contribution is 5.98. The van der Waals surface area contributed by atoms with Crippen LogP contribution in [0.1, 0.15) is 40.0 Å². The van der Waals surface area contributed by atoms with Crippen LogP contribution in [0.3, 0.4) is 0 Å². The molecule has 2 aliphatic heterocycles. The van der Waals surface area contributed by atoms with Crippen LogP contribution >= 0.6 is 0 Å². The Morgan fingerprint density at radius 3 is 2.54 bits per heavy atom. The summed E-state index contributed by atoms with van der Waals surface area (Å²) in [6.45, 7) is 3.50. The van der Waals surface area contributed by atoms with E-state index in [1.54, 1.807) is 6.92 Å². The Hall–Kier alpha value is -2.62. The molecule has 2 aromatic carbocycles. The van der Waals surface area contributed by atoms with Crippen LogP contribution in [0.15, 0.2) is 48.5 Å². The van der Waals surface area contributed by atoms with Crippen LogP contribution in [0, 0.1) is 0 Å². The van der Waals surface area contributed by atoms with Gasteiger partial charge >= 0.3 is 0 Å². The molecule has 2 amide bonds. The summed E-state index contributed by atoms with van der Waals surface area (Å²) in [5.74, 6) is 0.135. The summed E-state index contributed by atoms with van der Waals surface area (Å²) in [5, 5.41) is 0. The molecule has 4 heteroatoms. The molecular weight excluding hydrogens is 300 g/mol. The first-order valence-electron chi connectivity index (χ1n) is 8.37. The summed E-state index contributed by atoms with van der Waals surface area (Å²) in [6.07, 6.45) is 0.875. The predicted octanol–water partition coefficient (Wildman–Crippen LogP) is 2.79. The SMILES string of the molecule is CC(=O)N1CCc2ccccc2C1CN1Cc2ccccc2C1=O. The van der Waals surface area contributed by atoms with Crippen LogP contribution in [-0.4, -0.2) is 34.7 Å². The number of hydrogen-bond donors (Lipinski definition) is 0. The molecule has 122 valence electrons. The summed E-state index contributed by atoms with van der Waals surface area (Å²) in [4.78, 5) is 28.6. The first-order valence-corrected chi connectivity index (χ1v) is 8.37. The topological polar surface area (TPSA) is 40.6 Å². The van der Waals surface area contributed by atoms with Crippen molar-refractivity contribution < 1.29 is 9.59 Å². The monoisotopic (exact) mass is 320 g/mol. The molecule has 0 aliphatic carbocycles. The molecule has 2 heterocycles. The fourth-order valence-electron chi connectivity index (χ4n) is 3.90. The molecule has 4 nitrogen and oxygen atoms in total. The van der Waals surface area contributed by atoms with Crippen LogP contribution in [-0.2, 0) is 17.8 Å². The number of benzene rings is 2. The van der Waals surface area contributed by atoms with Gasteiger partial charge in [0.2, 0.25) is 5.91 Å². The van der Waals surface area contributed by atoms with Crippen molar-refractivity contribution >= 4 is 11.8 Å². The number of carbonyl (C=O) groups excluding carboxylic acids is 2. The highest BCUT2D eigenvalue weighted by Crippen LogP contribution is 2.33. The zero-order valence-electron chi connectivity index (χ0n) is 13.7. The lowest BCUT2D eigenvalue weighted by Crippen LogP contribution is -2.44. The fourth-order valence-corrected chi connectivity index (χ4v) is 3.90. The molecule has 0 saturated carbocycles. The van der Waals surface area contributed by atoms with Crippen LogP contribution < -0.4 is 0 Å². The molecule has 0 N–H and O–H groups in total. The van der Waals surface area contributed by atoms with E-state index in [1.807, 2.05) is 46.2 Å². The Bertz CT molecular complexity index is 815. The Morgan fingerprint density at radius 2 is 1.79 bits per heavy atom. The Morgan fingerprint density at radius 1 is 1.08 bits per heavy atom. The highest BCUT2D eigenvalue weighted by atomic mass is 16.2. The summed E-state index contributed by atoms with van der Waals surface area (Å²) in [6, 6.07) is 16.0. The van der Waals surface area contributed by atoms with Crippen LogP contribution in [0.4, 0.5) is 0 Å². The maximum Gasteiger partial charge on any atom is 0.254 e. The number of carbonyl (C=O) groups is 2. The van der Waals surface area contributed by atoms with E-state index in [4.69, 9.17) is 0 Å². The van der Waals surface area contributed by atoms with Gasteiger partial charge in [0.05, 0.1) is 6.04 Å². The van der Waals surface area contributed by atoms with Crippen molar-refractivity contribution in [1.29, 1.82) is 0 Å². The third-order valence-electron chi connectivity index (χ3n) is 5.11. The third kappa shape index (κ3) is 2.39. The second-order valence-electron chi connectivity index (χ2n) is 6.52. The van der Waals surface area contributed by atoms with Gasteiger partial charge in [-0.3, -0.25) is 9.59 Å². The van der Waals surface area contributed by atoms with E-state index in [-0.39, 0.29) is 17.9 Å². The van der Waals surface area contributed by atoms with Crippen LogP contribution in [0.5, 0.6) is 0 Å². The first kappa shape index (κ1) is 14.9. The number of fused-ring (bicyclic) bond motifs is 2. The molecule has 0 fully saturated rings. The molecule has 1 unspecified atom stereocenters. The predicted molar refractivity (Wildman–Crippen MR) is 91.5 cm³/mol. The van der Waals surface area contributed by atoms with Gasteiger partial charge < -0.3 is 9.80 Å². The summed E-state index contributed by atoms with van der Waals surface area (Å²) >= 11 is 0. The molecule has 2 aliphatic rings. The Balaban J connectivity index is 1.65. The molecular formula is C20H20N2O2. The maximum atomic E-state index is 12.7. The third-order valence-corrected chi connectivity index (χ3v) is 5.11. The van der Waals surface area contributed by atoms with E-state index in [0.29, 0.717) is 19.6 Å². The molecule has 0 spiro atoms. The molecule has 0 aromatic heterocycles. The van der Waals surface area contributed by atoms with Gasteiger partial charge in [0, 0.05) is 32.1 Å². The lowest BCUT2D eigenvalue weighted by molar-refractivity contribution is -0.132. The van der Waals surface area contributed by atoms with Gasteiger partial charge in [-0.2, -0.15) is 0 Å². The summed E-state index contributed by atoms with van der Waals surface area (Å²) in [5.41, 5.74) is 4.31. The van der Waals surface area contributed by atoms with Crippen molar-refractivity contribution in [2.45, 2.75) is 25.9 Å². The molecule has 0 radical (unpaired) electrons. The van der Waals surface area contributed by atoms with E-state index in [1.165, 1.54) is 11.1 Å². The maximum absolute atomic E-state index is 12.7. The molecule has 4 rings (SSSR count). The minimum Gasteiger partial charge on any atom is -0.334 e. The van der Waals surface area contributed by atoms with Gasteiger partial charge in [-0.15, -0.1) is 0 Å². The van der Waals surface area contributed by atoms with Gasteiger partial charge in [0.15, 0.2) is 0 Å². The molecule has 2 aromatic rings. The smallest absolute Gasteiger partial charge is 0.254 e. The van der Waals surface area contributed by atoms with Gasteiger partial charge in [-0.1, -0.05) is 42.5 Å². The molecule has 0 bridgehead atoms. The minimum atomic E-state index is -0.0642. The van der Waals surface area contributed by atoms with Gasteiger partial charge in [-0.05, 0) is 29.2 Å².